The van der Waals surface area contributed by atoms with Crippen LogP contribution >= 0.6 is 24.0 Å². The van der Waals surface area contributed by atoms with E-state index in [0.717, 1.165) is 24.7 Å². The van der Waals surface area contributed by atoms with Crippen LogP contribution in [0.4, 0.5) is 0 Å². The Labute approximate surface area is 166 Å². The monoisotopic (exact) mass is 479 g/mol. The van der Waals surface area contributed by atoms with Crippen molar-refractivity contribution in [3.8, 4) is 0 Å². The standard InChI is InChI=1S/C16H25N5O2S.HI/c1-17-16(18-9-5-10-21-24(2,22)23)19-11-8-13-12-20-15-7-4-3-6-14(13)15;/h3-4,6-7,12,20-21H,5,8-11H2,1-2H3,(H2,17,18,19);1H. The second kappa shape index (κ2) is 10.6. The van der Waals surface area contributed by atoms with Gasteiger partial charge in [0.2, 0.25) is 10.0 Å². The second-order valence-electron chi connectivity index (χ2n) is 5.56. The average Bonchev–Trinajstić information content (AvgIpc) is 2.95. The summed E-state index contributed by atoms with van der Waals surface area (Å²) in [6.45, 7) is 1.83. The maximum absolute atomic E-state index is 11.0. The molecule has 0 aliphatic rings. The van der Waals surface area contributed by atoms with Gasteiger partial charge in [0.05, 0.1) is 6.26 Å². The molecule has 9 heteroatoms. The van der Waals surface area contributed by atoms with Crippen molar-refractivity contribution in [1.29, 1.82) is 0 Å². The first kappa shape index (κ1) is 21.7. The first-order valence-corrected chi connectivity index (χ1v) is 9.83. The van der Waals surface area contributed by atoms with Gasteiger partial charge in [-0.3, -0.25) is 4.99 Å². The maximum atomic E-state index is 11.0. The number of hydrogen-bond acceptors (Lipinski definition) is 3. The fourth-order valence-corrected chi connectivity index (χ4v) is 2.94. The fraction of sp³-hybridized carbons (Fsp3) is 0.438. The van der Waals surface area contributed by atoms with Gasteiger partial charge >= 0.3 is 0 Å². The number of fused-ring (bicyclic) bond motifs is 1. The second-order valence-corrected chi connectivity index (χ2v) is 7.39. The van der Waals surface area contributed by atoms with Gasteiger partial charge in [-0.15, -0.1) is 24.0 Å². The number of aromatic amines is 1. The third kappa shape index (κ3) is 7.61. The number of H-pyrrole nitrogens is 1. The summed E-state index contributed by atoms with van der Waals surface area (Å²) in [5.41, 5.74) is 2.42. The number of para-hydroxylation sites is 1. The fourth-order valence-electron chi connectivity index (χ4n) is 2.43. The van der Waals surface area contributed by atoms with E-state index in [9.17, 15) is 8.42 Å². The Balaban J connectivity index is 0.00000312. The number of benzene rings is 1. The molecule has 0 saturated heterocycles. The number of sulfonamides is 1. The molecule has 1 aromatic heterocycles. The van der Waals surface area contributed by atoms with E-state index in [2.05, 4.69) is 37.5 Å². The third-order valence-corrected chi connectivity index (χ3v) is 4.32. The summed E-state index contributed by atoms with van der Waals surface area (Å²) < 4.78 is 24.4. The predicted octanol–water partition coefficient (Wildman–Crippen LogP) is 1.43. The predicted molar refractivity (Wildman–Crippen MR) is 114 cm³/mol. The average molecular weight is 479 g/mol. The minimum Gasteiger partial charge on any atom is -0.361 e. The summed E-state index contributed by atoms with van der Waals surface area (Å²) in [5, 5.41) is 7.68. The summed E-state index contributed by atoms with van der Waals surface area (Å²) >= 11 is 0. The minimum atomic E-state index is -3.11. The van der Waals surface area contributed by atoms with E-state index in [1.54, 1.807) is 7.05 Å². The van der Waals surface area contributed by atoms with Gasteiger partial charge in [0.25, 0.3) is 0 Å². The Morgan fingerprint density at radius 3 is 2.60 bits per heavy atom. The van der Waals surface area contributed by atoms with Crippen LogP contribution in [0.5, 0.6) is 0 Å². The SMILES string of the molecule is CN=C(NCCCNS(C)(=O)=O)NCCc1c[nH]c2ccccc12.I. The highest BCUT2D eigenvalue weighted by molar-refractivity contribution is 14.0. The Morgan fingerprint density at radius 2 is 1.88 bits per heavy atom. The van der Waals surface area contributed by atoms with Crippen molar-refractivity contribution in [2.24, 2.45) is 4.99 Å². The van der Waals surface area contributed by atoms with Gasteiger partial charge in [-0.1, -0.05) is 18.2 Å². The van der Waals surface area contributed by atoms with Crippen LogP contribution in [0, 0.1) is 0 Å². The lowest BCUT2D eigenvalue weighted by atomic mass is 10.1. The molecule has 25 heavy (non-hydrogen) atoms. The number of guanidine groups is 1. The number of halogens is 1. The van der Waals surface area contributed by atoms with Crippen molar-refractivity contribution in [2.75, 3.05) is 32.9 Å². The molecule has 0 unspecified atom stereocenters. The van der Waals surface area contributed by atoms with Crippen LogP contribution in [0.3, 0.4) is 0 Å². The third-order valence-electron chi connectivity index (χ3n) is 3.60. The van der Waals surface area contributed by atoms with E-state index in [1.807, 2.05) is 18.3 Å². The molecule has 7 nitrogen and oxygen atoms in total. The van der Waals surface area contributed by atoms with Gasteiger partial charge in [-0.25, -0.2) is 13.1 Å². The first-order chi connectivity index (χ1) is 11.5. The molecule has 140 valence electrons. The molecular formula is C16H26IN5O2S. The van der Waals surface area contributed by atoms with E-state index in [4.69, 9.17) is 0 Å². The highest BCUT2D eigenvalue weighted by Gasteiger charge is 2.04. The molecule has 0 saturated carbocycles. The molecule has 0 bridgehead atoms. The molecule has 0 amide bonds. The van der Waals surface area contributed by atoms with E-state index in [0.29, 0.717) is 25.5 Å². The minimum absolute atomic E-state index is 0. The van der Waals surface area contributed by atoms with Crippen molar-refractivity contribution in [3.05, 3.63) is 36.0 Å². The summed E-state index contributed by atoms with van der Waals surface area (Å²) in [6.07, 6.45) is 4.78. The highest BCUT2D eigenvalue weighted by atomic mass is 127. The Morgan fingerprint density at radius 1 is 1.16 bits per heavy atom. The van der Waals surface area contributed by atoms with Crippen LogP contribution in [0.2, 0.25) is 0 Å². The van der Waals surface area contributed by atoms with Crippen molar-refractivity contribution in [2.45, 2.75) is 12.8 Å². The van der Waals surface area contributed by atoms with E-state index >= 15 is 0 Å². The molecule has 0 spiro atoms. The van der Waals surface area contributed by atoms with Crippen LogP contribution in [-0.2, 0) is 16.4 Å². The number of aromatic nitrogens is 1. The molecule has 0 radical (unpaired) electrons. The molecule has 1 heterocycles. The lowest BCUT2D eigenvalue weighted by Crippen LogP contribution is -2.39. The van der Waals surface area contributed by atoms with Crippen LogP contribution in [0.1, 0.15) is 12.0 Å². The number of nitrogens with zero attached hydrogens (tertiary/aromatic N) is 1. The quantitative estimate of drug-likeness (QED) is 0.199. The lowest BCUT2D eigenvalue weighted by molar-refractivity contribution is 0.584. The molecule has 0 fully saturated rings. The van der Waals surface area contributed by atoms with Crippen molar-refractivity contribution in [1.82, 2.24) is 20.3 Å². The van der Waals surface area contributed by atoms with E-state index in [-0.39, 0.29) is 24.0 Å². The Bertz CT molecular complexity index is 789. The molecule has 0 aliphatic carbocycles. The maximum Gasteiger partial charge on any atom is 0.208 e. The molecule has 2 aromatic rings. The summed E-state index contributed by atoms with van der Waals surface area (Å²) in [4.78, 5) is 7.43. The summed E-state index contributed by atoms with van der Waals surface area (Å²) in [5.74, 6) is 0.717. The topological polar surface area (TPSA) is 98.4 Å². The van der Waals surface area contributed by atoms with Gasteiger partial charge in [-0.2, -0.15) is 0 Å². The van der Waals surface area contributed by atoms with Gasteiger partial charge < -0.3 is 15.6 Å². The number of hydrogen-bond donors (Lipinski definition) is 4. The Hall–Kier alpha value is -1.33. The smallest absolute Gasteiger partial charge is 0.208 e. The molecule has 0 atom stereocenters. The zero-order valence-electron chi connectivity index (χ0n) is 14.5. The zero-order chi connectivity index (χ0) is 17.4. The first-order valence-electron chi connectivity index (χ1n) is 7.94. The number of aliphatic imine (C=N–C) groups is 1. The number of nitrogens with one attached hydrogen (secondary N) is 4. The largest absolute Gasteiger partial charge is 0.361 e. The van der Waals surface area contributed by atoms with Gasteiger partial charge in [0, 0.05) is 43.8 Å². The Kier molecular flexibility index (Phi) is 9.22. The molecule has 2 rings (SSSR count). The normalized spacial score (nSPS) is 12.0. The molecule has 0 aliphatic heterocycles. The van der Waals surface area contributed by atoms with Gasteiger partial charge in [0.1, 0.15) is 0 Å². The lowest BCUT2D eigenvalue weighted by Gasteiger charge is -2.11. The van der Waals surface area contributed by atoms with E-state index in [1.165, 1.54) is 10.9 Å². The summed E-state index contributed by atoms with van der Waals surface area (Å²) in [7, 11) is -1.40. The molecular weight excluding hydrogens is 453 g/mol. The van der Waals surface area contributed by atoms with Crippen LogP contribution in [-0.4, -0.2) is 52.3 Å². The van der Waals surface area contributed by atoms with E-state index < -0.39 is 10.0 Å². The van der Waals surface area contributed by atoms with Crippen molar-refractivity contribution >= 4 is 50.9 Å². The van der Waals surface area contributed by atoms with Gasteiger partial charge in [-0.05, 0) is 24.5 Å². The molecule has 1 aromatic carbocycles. The zero-order valence-corrected chi connectivity index (χ0v) is 17.6. The van der Waals surface area contributed by atoms with Crippen molar-refractivity contribution in [3.63, 3.8) is 0 Å². The van der Waals surface area contributed by atoms with Gasteiger partial charge in [0.15, 0.2) is 5.96 Å². The molecule has 4 N–H and O–H groups in total. The van der Waals surface area contributed by atoms with Crippen LogP contribution in [0.15, 0.2) is 35.5 Å². The number of rotatable bonds is 8. The van der Waals surface area contributed by atoms with Crippen molar-refractivity contribution < 1.29 is 8.42 Å². The summed E-state index contributed by atoms with van der Waals surface area (Å²) in [6, 6.07) is 8.24. The van der Waals surface area contributed by atoms with Crippen LogP contribution in [0.25, 0.3) is 10.9 Å². The van der Waals surface area contributed by atoms with Crippen LogP contribution < -0.4 is 15.4 Å². The highest BCUT2D eigenvalue weighted by Crippen LogP contribution is 2.17.